The second-order valence-corrected chi connectivity index (χ2v) is 6.72. The molecule has 0 spiro atoms. The van der Waals surface area contributed by atoms with Crippen molar-refractivity contribution in [3.63, 3.8) is 0 Å². The van der Waals surface area contributed by atoms with Gasteiger partial charge in [0, 0.05) is 6.04 Å². The molecule has 0 radical (unpaired) electrons. The molecule has 1 aliphatic rings. The predicted octanol–water partition coefficient (Wildman–Crippen LogP) is 2.80. The summed E-state index contributed by atoms with van der Waals surface area (Å²) in [6.07, 6.45) is 0. The van der Waals surface area contributed by atoms with E-state index < -0.39 is 5.76 Å². The number of hydrogen-bond acceptors (Lipinski definition) is 3. The first-order chi connectivity index (χ1) is 8.75. The lowest BCUT2D eigenvalue weighted by atomic mass is 9.97. The second kappa shape index (κ2) is 3.51. The van der Waals surface area contributed by atoms with Crippen LogP contribution < -0.4 is 11.5 Å². The van der Waals surface area contributed by atoms with E-state index in [1.54, 1.807) is 0 Å². The molecule has 0 amide bonds. The molecule has 0 bridgehead atoms. The number of rotatable bonds is 2. The van der Waals surface area contributed by atoms with E-state index in [1.165, 1.54) is 0 Å². The molecule has 4 heteroatoms. The van der Waals surface area contributed by atoms with Gasteiger partial charge in [-0.25, -0.2) is 4.79 Å². The molecule has 3 N–H and O–H groups in total. The fraction of sp³-hybridized carbons (Fsp3) is 0.533. The van der Waals surface area contributed by atoms with Crippen molar-refractivity contribution in [2.75, 3.05) is 0 Å². The van der Waals surface area contributed by atoms with Crippen LogP contribution in [0.2, 0.25) is 0 Å². The molecule has 2 aromatic rings. The van der Waals surface area contributed by atoms with Crippen LogP contribution in [-0.2, 0) is 0 Å². The Kier molecular flexibility index (Phi) is 2.31. The molecule has 3 rings (SSSR count). The zero-order valence-electron chi connectivity index (χ0n) is 11.8. The van der Waals surface area contributed by atoms with E-state index in [9.17, 15) is 4.79 Å². The molecule has 0 saturated heterocycles. The lowest BCUT2D eigenvalue weighted by Crippen LogP contribution is -2.16. The Labute approximate surface area is 112 Å². The fourth-order valence-electron chi connectivity index (χ4n) is 3.51. The Morgan fingerprint density at radius 2 is 1.89 bits per heavy atom. The minimum Gasteiger partial charge on any atom is -0.408 e. The Hall–Kier alpha value is -1.55. The fourth-order valence-corrected chi connectivity index (χ4v) is 3.51. The van der Waals surface area contributed by atoms with Gasteiger partial charge in [0.25, 0.3) is 0 Å². The van der Waals surface area contributed by atoms with Crippen LogP contribution in [0.1, 0.15) is 39.3 Å². The third kappa shape index (κ3) is 1.59. The van der Waals surface area contributed by atoms with Gasteiger partial charge in [0.05, 0.1) is 5.52 Å². The standard InChI is InChI=1S/C15H20N2O2/c1-14(2)12(15(14,3)4)11(16)8-5-6-9-10(7-8)19-13(18)17-9/h5-7,11-12H,16H2,1-4H3,(H,17,18). The summed E-state index contributed by atoms with van der Waals surface area (Å²) in [6, 6.07) is 5.68. The Morgan fingerprint density at radius 1 is 1.26 bits per heavy atom. The summed E-state index contributed by atoms with van der Waals surface area (Å²) < 4.78 is 5.10. The van der Waals surface area contributed by atoms with Crippen molar-refractivity contribution in [1.29, 1.82) is 0 Å². The van der Waals surface area contributed by atoms with Gasteiger partial charge in [-0.2, -0.15) is 0 Å². The Morgan fingerprint density at radius 3 is 2.47 bits per heavy atom. The summed E-state index contributed by atoms with van der Waals surface area (Å²) >= 11 is 0. The second-order valence-electron chi connectivity index (χ2n) is 6.72. The van der Waals surface area contributed by atoms with Gasteiger partial charge in [0.1, 0.15) is 0 Å². The van der Waals surface area contributed by atoms with Crippen molar-refractivity contribution >= 4 is 11.1 Å². The molecule has 1 aromatic heterocycles. The topological polar surface area (TPSA) is 72.0 Å². The van der Waals surface area contributed by atoms with Gasteiger partial charge in [-0.15, -0.1) is 0 Å². The highest BCUT2D eigenvalue weighted by atomic mass is 16.4. The maximum absolute atomic E-state index is 11.2. The first-order valence-corrected chi connectivity index (χ1v) is 6.63. The molecule has 1 aliphatic carbocycles. The quantitative estimate of drug-likeness (QED) is 0.872. The molecule has 4 nitrogen and oxygen atoms in total. The van der Waals surface area contributed by atoms with E-state index in [0.717, 1.165) is 11.1 Å². The molecular weight excluding hydrogens is 240 g/mol. The largest absolute Gasteiger partial charge is 0.417 e. The Bertz CT molecular complexity index is 679. The summed E-state index contributed by atoms with van der Waals surface area (Å²) in [4.78, 5) is 13.8. The van der Waals surface area contributed by atoms with Crippen molar-refractivity contribution < 1.29 is 4.42 Å². The number of fused-ring (bicyclic) bond motifs is 1. The molecule has 1 heterocycles. The van der Waals surface area contributed by atoms with Crippen molar-refractivity contribution in [3.05, 3.63) is 34.3 Å². The molecule has 1 aromatic carbocycles. The van der Waals surface area contributed by atoms with Gasteiger partial charge in [0.15, 0.2) is 5.58 Å². The van der Waals surface area contributed by atoms with Gasteiger partial charge >= 0.3 is 5.76 Å². The van der Waals surface area contributed by atoms with Crippen LogP contribution in [0.4, 0.5) is 0 Å². The monoisotopic (exact) mass is 260 g/mol. The Balaban J connectivity index is 1.99. The SMILES string of the molecule is CC1(C)C(C(N)c2ccc3[nH]c(=O)oc3c2)C1(C)C. The first-order valence-electron chi connectivity index (χ1n) is 6.63. The summed E-state index contributed by atoms with van der Waals surface area (Å²) in [6.45, 7) is 9.03. The minimum absolute atomic E-state index is 0.0328. The highest BCUT2D eigenvalue weighted by Crippen LogP contribution is 2.71. The maximum atomic E-state index is 11.2. The average Bonchev–Trinajstić information content (AvgIpc) is 2.58. The van der Waals surface area contributed by atoms with E-state index in [1.807, 2.05) is 18.2 Å². The highest BCUT2D eigenvalue weighted by molar-refractivity contribution is 5.73. The summed E-state index contributed by atoms with van der Waals surface area (Å²) in [5.41, 5.74) is 9.21. The smallest absolute Gasteiger partial charge is 0.408 e. The number of oxazole rings is 1. The average molecular weight is 260 g/mol. The van der Waals surface area contributed by atoms with E-state index >= 15 is 0 Å². The normalized spacial score (nSPS) is 22.6. The third-order valence-corrected chi connectivity index (χ3v) is 5.32. The minimum atomic E-state index is -0.423. The summed E-state index contributed by atoms with van der Waals surface area (Å²) in [5.74, 6) is 0.0101. The van der Waals surface area contributed by atoms with Crippen LogP contribution in [0.15, 0.2) is 27.4 Å². The van der Waals surface area contributed by atoms with Crippen LogP contribution in [0.25, 0.3) is 11.1 Å². The van der Waals surface area contributed by atoms with Gasteiger partial charge in [-0.3, -0.25) is 4.98 Å². The van der Waals surface area contributed by atoms with Crippen molar-refractivity contribution in [3.8, 4) is 0 Å². The van der Waals surface area contributed by atoms with Gasteiger partial charge in [-0.1, -0.05) is 33.8 Å². The molecule has 0 aliphatic heterocycles. The number of aromatic amines is 1. The van der Waals surface area contributed by atoms with E-state index in [4.69, 9.17) is 10.2 Å². The number of nitrogens with two attached hydrogens (primary N) is 1. The molecule has 19 heavy (non-hydrogen) atoms. The predicted molar refractivity (Wildman–Crippen MR) is 74.8 cm³/mol. The van der Waals surface area contributed by atoms with Crippen LogP contribution in [0, 0.1) is 16.7 Å². The number of hydrogen-bond donors (Lipinski definition) is 2. The summed E-state index contributed by atoms with van der Waals surface area (Å²) in [5, 5.41) is 0. The number of benzene rings is 1. The molecule has 1 unspecified atom stereocenters. The van der Waals surface area contributed by atoms with Gasteiger partial charge < -0.3 is 10.2 Å². The lowest BCUT2D eigenvalue weighted by molar-refractivity contribution is 0.457. The van der Waals surface area contributed by atoms with E-state index in [0.29, 0.717) is 11.5 Å². The molecule has 102 valence electrons. The molecule has 1 fully saturated rings. The van der Waals surface area contributed by atoms with E-state index in [-0.39, 0.29) is 16.9 Å². The third-order valence-electron chi connectivity index (χ3n) is 5.32. The van der Waals surface area contributed by atoms with Crippen molar-refractivity contribution in [2.45, 2.75) is 33.7 Å². The summed E-state index contributed by atoms with van der Waals surface area (Å²) in [7, 11) is 0. The van der Waals surface area contributed by atoms with Gasteiger partial charge in [0.2, 0.25) is 0 Å². The zero-order valence-corrected chi connectivity index (χ0v) is 11.8. The van der Waals surface area contributed by atoms with Crippen molar-refractivity contribution in [1.82, 2.24) is 4.98 Å². The maximum Gasteiger partial charge on any atom is 0.417 e. The number of H-pyrrole nitrogens is 1. The lowest BCUT2D eigenvalue weighted by Gasteiger charge is -2.14. The van der Waals surface area contributed by atoms with Crippen LogP contribution in [-0.4, -0.2) is 4.98 Å². The first kappa shape index (κ1) is 12.5. The van der Waals surface area contributed by atoms with Crippen LogP contribution in [0.5, 0.6) is 0 Å². The van der Waals surface area contributed by atoms with Gasteiger partial charge in [-0.05, 0) is 34.4 Å². The van der Waals surface area contributed by atoms with Crippen LogP contribution in [0.3, 0.4) is 0 Å². The molecule has 1 atom stereocenters. The van der Waals surface area contributed by atoms with Crippen LogP contribution >= 0.6 is 0 Å². The zero-order chi connectivity index (χ0) is 14.0. The number of aromatic nitrogens is 1. The van der Waals surface area contributed by atoms with E-state index in [2.05, 4.69) is 32.7 Å². The molecular formula is C15H20N2O2. The van der Waals surface area contributed by atoms with Crippen molar-refractivity contribution in [2.24, 2.45) is 22.5 Å². The molecule has 1 saturated carbocycles. The highest BCUT2D eigenvalue weighted by Gasteiger charge is 2.66. The number of nitrogens with one attached hydrogen (secondary N) is 1.